The van der Waals surface area contributed by atoms with Gasteiger partial charge in [-0.25, -0.2) is 24.3 Å². The molecule has 30 nitrogen and oxygen atoms in total. The van der Waals surface area contributed by atoms with Crippen LogP contribution in [0.5, 0.6) is 0 Å². The van der Waals surface area contributed by atoms with E-state index >= 15 is 4.39 Å². The second-order valence-electron chi connectivity index (χ2n) is 34.4. The Morgan fingerprint density at radius 3 is 1.23 bits per heavy atom. The minimum absolute atomic E-state index is 0.0773. The lowest BCUT2D eigenvalue weighted by Crippen LogP contribution is -2.55. The maximum Gasteiger partial charge on any atom is 0.253 e. The van der Waals surface area contributed by atoms with Crippen LogP contribution >= 0.6 is 11.6 Å². The third-order valence-electron chi connectivity index (χ3n) is 25.9. The zero-order chi connectivity index (χ0) is 93.6. The predicted octanol–water partition coefficient (Wildman–Crippen LogP) is 16.4. The van der Waals surface area contributed by atoms with Crippen LogP contribution in [0.4, 0.5) is 61.3 Å². The maximum absolute atomic E-state index is 15.1. The summed E-state index contributed by atoms with van der Waals surface area (Å²) in [5.41, 5.74) is 18.7. The summed E-state index contributed by atoms with van der Waals surface area (Å²) in [6.07, 6.45) is 27.1. The summed E-state index contributed by atoms with van der Waals surface area (Å²) in [5, 5.41) is 17.3. The molecule has 0 unspecified atom stereocenters. The number of piperazine rings is 2. The van der Waals surface area contributed by atoms with Gasteiger partial charge in [0.2, 0.25) is 22.2 Å². The summed E-state index contributed by atoms with van der Waals surface area (Å²) < 4.78 is 22.9. The van der Waals surface area contributed by atoms with Gasteiger partial charge < -0.3 is 75.9 Å². The highest BCUT2D eigenvalue weighted by atomic mass is 35.5. The van der Waals surface area contributed by atoms with Crippen LogP contribution in [0.2, 0.25) is 5.02 Å². The van der Waals surface area contributed by atoms with Gasteiger partial charge in [-0.05, 0) is 237 Å². The van der Waals surface area contributed by atoms with E-state index in [-0.39, 0.29) is 39.9 Å². The molecule has 0 aliphatic carbocycles. The van der Waals surface area contributed by atoms with Gasteiger partial charge in [0.05, 0.1) is 61.9 Å². The lowest BCUT2D eigenvalue weighted by atomic mass is 9.99. The molecule has 32 heteroatoms. The number of anilines is 10. The number of amides is 2. The number of aromatic amines is 4. The summed E-state index contributed by atoms with van der Waals surface area (Å²) in [6.45, 7) is 25.0. The van der Waals surface area contributed by atoms with E-state index in [1.54, 1.807) is 73.8 Å². The quantitative estimate of drug-likeness (QED) is 0.0287. The van der Waals surface area contributed by atoms with Crippen LogP contribution in [0.15, 0.2) is 276 Å². The fourth-order valence-corrected chi connectivity index (χ4v) is 18.6. The van der Waals surface area contributed by atoms with E-state index in [4.69, 9.17) is 11.6 Å². The molecule has 4 aromatic carbocycles. The average Bonchev–Trinajstić information content (AvgIpc) is 1.70. The highest BCUT2D eigenvalue weighted by Crippen LogP contribution is 2.37. The number of likely N-dealkylation sites (tertiary alicyclic amines) is 2. The number of carbonyl (C=O) groups is 2. The number of hydrogen-bond acceptors (Lipinski definition) is 20. The van der Waals surface area contributed by atoms with Crippen molar-refractivity contribution in [2.45, 2.75) is 84.8 Å². The first-order valence-corrected chi connectivity index (χ1v) is 46.6. The summed E-state index contributed by atoms with van der Waals surface area (Å²) in [4.78, 5) is 117. The summed E-state index contributed by atoms with van der Waals surface area (Å²) >= 11 is 6.67. The van der Waals surface area contributed by atoms with Gasteiger partial charge in [-0.2, -0.15) is 0 Å². The van der Waals surface area contributed by atoms with E-state index in [1.807, 2.05) is 187 Å². The molecule has 4 aliphatic heterocycles. The van der Waals surface area contributed by atoms with Crippen LogP contribution in [0.25, 0.3) is 67.6 Å². The van der Waals surface area contributed by atoms with Crippen molar-refractivity contribution in [2.75, 3.05) is 136 Å². The van der Waals surface area contributed by atoms with Crippen molar-refractivity contribution in [3.05, 3.63) is 320 Å². The van der Waals surface area contributed by atoms with Crippen LogP contribution in [-0.4, -0.2) is 217 Å². The number of H-pyrrole nitrogens is 4. The van der Waals surface area contributed by atoms with Gasteiger partial charge in [0.15, 0.2) is 22.6 Å². The van der Waals surface area contributed by atoms with E-state index in [9.17, 15) is 28.8 Å². The molecule has 135 heavy (non-hydrogen) atoms. The Balaban J connectivity index is 0.000000125. The predicted molar refractivity (Wildman–Crippen MR) is 537 cm³/mol. The Morgan fingerprint density at radius 1 is 0.444 bits per heavy atom. The first-order valence-electron chi connectivity index (χ1n) is 46.2. The lowest BCUT2D eigenvalue weighted by molar-refractivity contribution is 0.0589. The fraction of sp³-hybridized carbons (Fsp3) is 0.282. The standard InChI is InChI=1S/C29H32N6O2.C25H27FN6O.C25H28N6O2.C24H25ClN6O/c36-27-20-22(10-13-30-27)26-9-8-25(28-31-14-19-35(26)28)32-23-6-4-21(5-7-23)29(37)34-17-11-24(12-18-34)33-15-2-1-3-16-33;1-16-14-31(15-17(2)30(16)3)23-6-4-19(13-20(23)26)29-21-5-7-22(32-11-10-28-25(21)32)18-8-9-27-24(33)12-18;1-3-30(4-2)15-13-28-25(33)18-5-7-20(8-6-18)29-21-9-10-22(31-16-14-27-24(21)31)19-11-12-26-23(32)17-19;1-2-29-11-13-30(14-12-29)22-5-3-18(16-19(22)25)28-20-4-6-21(31-10-9-27-24(20)31)17-7-8-26-23(32)15-17/h4-10,13-14,19-20,24,32H,1-3,11-12,15-18H2,(H,30,36);4-13,16-17,29H,14-15H2,1-3H3,(H,27,33);5-12,14,16-17,29H,3-4,13,15H2,1-2H3,(H,26,32)(H,28,33);3-10,15-16,28H,2,11-14H2,1H3,(H,26,32)/t;16-,17+;;. The molecule has 16 heterocycles. The third kappa shape index (κ3) is 21.6. The van der Waals surface area contributed by atoms with E-state index in [1.165, 1.54) is 38.4 Å². The first-order chi connectivity index (χ1) is 65.8. The molecular weight excluding hydrogens is 1720 g/mol. The van der Waals surface area contributed by atoms with E-state index < -0.39 is 0 Å². The number of nitrogens with one attached hydrogen (secondary N) is 9. The second kappa shape index (κ2) is 42.4. The van der Waals surface area contributed by atoms with Gasteiger partial charge in [-0.15, -0.1) is 0 Å². The normalized spacial score (nSPS) is 15.6. The van der Waals surface area contributed by atoms with Gasteiger partial charge in [0.1, 0.15) is 5.82 Å². The summed E-state index contributed by atoms with van der Waals surface area (Å²) in [6, 6.07) is 57.1. The van der Waals surface area contributed by atoms with Crippen LogP contribution in [0.3, 0.4) is 0 Å². The number of likely N-dealkylation sites (N-methyl/N-ethyl adjacent to an activating group) is 3. The number of nitrogens with zero attached hydrogens (tertiary/aromatic N) is 15. The number of piperidine rings is 2. The molecule has 0 saturated carbocycles. The molecule has 0 spiro atoms. The highest BCUT2D eigenvalue weighted by Gasteiger charge is 2.31. The highest BCUT2D eigenvalue weighted by molar-refractivity contribution is 6.33. The smallest absolute Gasteiger partial charge is 0.253 e. The number of benzene rings is 4. The maximum atomic E-state index is 15.1. The van der Waals surface area contributed by atoms with E-state index in [0.717, 1.165) is 209 Å². The number of rotatable bonds is 23. The molecule has 9 N–H and O–H groups in total. The second-order valence-corrected chi connectivity index (χ2v) is 34.8. The zero-order valence-corrected chi connectivity index (χ0v) is 77.3. The Morgan fingerprint density at radius 2 is 0.837 bits per heavy atom. The number of fused-ring (bicyclic) bond motifs is 4. The van der Waals surface area contributed by atoms with E-state index in [2.05, 4.69) is 150 Å². The Hall–Kier alpha value is -14.8. The molecule has 2 amide bonds. The molecule has 694 valence electrons. The topological polar surface area (TPSA) is 318 Å². The SMILES string of the molecule is CCN(CC)CCNC(=O)c1ccc(Nc2ccc(-c3cc[nH]c(=O)c3)n3ccnc23)cc1.CCN1CCN(c2ccc(Nc3ccc(-c4cc[nH]c(=O)c4)n4ccnc34)cc2Cl)CC1.C[C@@H]1CN(c2ccc(Nc3ccc(-c4cc[nH]c(=O)c4)n4ccnc34)cc2F)C[C@H](C)N1C.O=C(c1ccc(Nc2ccc(-c3cc[nH]c(=O)c3)n3ccnc23)cc1)N1CCC(N2CCCCC2)CC1. The number of hydrogen-bond donors (Lipinski definition) is 9. The third-order valence-corrected chi connectivity index (χ3v) is 26.2. The molecule has 4 fully saturated rings. The summed E-state index contributed by atoms with van der Waals surface area (Å²) in [7, 11) is 2.12. The van der Waals surface area contributed by atoms with Crippen molar-refractivity contribution in [2.24, 2.45) is 0 Å². The zero-order valence-electron chi connectivity index (χ0n) is 76.5. The monoisotopic (exact) mass is 1830 g/mol. The number of imidazole rings is 4. The molecule has 0 bridgehead atoms. The van der Waals surface area contributed by atoms with Crippen molar-refractivity contribution in [1.82, 2.24) is 87.3 Å². The molecule has 12 aromatic heterocycles. The largest absolute Gasteiger partial charge is 0.368 e. The van der Waals surface area contributed by atoms with Gasteiger partial charge in [-0.1, -0.05) is 38.8 Å². The molecule has 4 saturated heterocycles. The van der Waals surface area contributed by atoms with Crippen molar-refractivity contribution in [3.8, 4) is 45.0 Å². The molecule has 0 radical (unpaired) electrons. The number of carbonyl (C=O) groups excluding carboxylic acids is 2. The van der Waals surface area contributed by atoms with Crippen molar-refractivity contribution in [1.29, 1.82) is 0 Å². The van der Waals surface area contributed by atoms with Crippen molar-refractivity contribution in [3.63, 3.8) is 0 Å². The van der Waals surface area contributed by atoms with Gasteiger partial charge in [-0.3, -0.25) is 51.3 Å². The van der Waals surface area contributed by atoms with Gasteiger partial charge >= 0.3 is 0 Å². The Kier molecular flexibility index (Phi) is 28.9. The molecule has 20 rings (SSSR count). The van der Waals surface area contributed by atoms with Crippen LogP contribution in [0.1, 0.15) is 87.4 Å². The average molecular weight is 1840 g/mol. The molecule has 2 atom stereocenters. The Bertz CT molecular complexity index is 7070. The number of pyridine rings is 8. The van der Waals surface area contributed by atoms with Crippen LogP contribution in [0, 0.1) is 5.82 Å². The van der Waals surface area contributed by atoms with Crippen molar-refractivity contribution >= 4 is 103 Å². The number of halogens is 2. The van der Waals surface area contributed by atoms with Crippen LogP contribution < -0.4 is 58.6 Å². The minimum Gasteiger partial charge on any atom is -0.368 e. The molecular formula is C103H112ClFN24O6. The minimum atomic E-state index is -0.247. The van der Waals surface area contributed by atoms with Gasteiger partial charge in [0, 0.05) is 238 Å². The molecule has 16 aromatic rings. The summed E-state index contributed by atoms with van der Waals surface area (Å²) in [5.74, 6) is -0.212. The fourth-order valence-electron chi connectivity index (χ4n) is 18.3. The van der Waals surface area contributed by atoms with E-state index in [0.29, 0.717) is 47.3 Å². The van der Waals surface area contributed by atoms with Gasteiger partial charge in [0.25, 0.3) is 11.8 Å². The molecule has 4 aliphatic rings. The van der Waals surface area contributed by atoms with Crippen molar-refractivity contribution < 1.29 is 14.0 Å². The number of aromatic nitrogens is 12. The lowest BCUT2D eigenvalue weighted by Gasteiger charge is -2.43. The van der Waals surface area contributed by atoms with Crippen LogP contribution in [-0.2, 0) is 0 Å². The first kappa shape index (κ1) is 92.1. The Labute approximate surface area is 785 Å².